The zero-order valence-electron chi connectivity index (χ0n) is 20.0. The SMILES string of the molecule is CCCCN(CCCC)C(=O)CC1CSc2nc3c(cnn3-c3ccc(C)cc3C)c(=O)n21. The van der Waals surface area contributed by atoms with E-state index in [9.17, 15) is 9.59 Å². The van der Waals surface area contributed by atoms with Gasteiger partial charge in [-0.05, 0) is 38.3 Å². The molecule has 2 aromatic heterocycles. The summed E-state index contributed by atoms with van der Waals surface area (Å²) >= 11 is 1.55. The number of unbranched alkanes of at least 4 members (excludes halogenated alkanes) is 2. The van der Waals surface area contributed by atoms with Gasteiger partial charge in [0.1, 0.15) is 5.39 Å². The van der Waals surface area contributed by atoms with Crippen LogP contribution in [0.1, 0.15) is 63.1 Å². The summed E-state index contributed by atoms with van der Waals surface area (Å²) in [4.78, 5) is 33.4. The maximum Gasteiger partial charge on any atom is 0.265 e. The van der Waals surface area contributed by atoms with Gasteiger partial charge in [-0.15, -0.1) is 0 Å². The number of aromatic nitrogens is 4. The van der Waals surface area contributed by atoms with Gasteiger partial charge in [0.15, 0.2) is 10.8 Å². The monoisotopic (exact) mass is 467 g/mol. The molecule has 1 amide bonds. The van der Waals surface area contributed by atoms with Crippen molar-refractivity contribution in [3.05, 3.63) is 45.9 Å². The van der Waals surface area contributed by atoms with Crippen molar-refractivity contribution in [3.8, 4) is 5.69 Å². The van der Waals surface area contributed by atoms with Gasteiger partial charge in [-0.1, -0.05) is 56.1 Å². The van der Waals surface area contributed by atoms with E-state index in [1.807, 2.05) is 24.0 Å². The van der Waals surface area contributed by atoms with Crippen molar-refractivity contribution in [3.63, 3.8) is 0 Å². The van der Waals surface area contributed by atoms with Gasteiger partial charge in [-0.2, -0.15) is 5.10 Å². The van der Waals surface area contributed by atoms with E-state index in [1.54, 1.807) is 27.2 Å². The average molecular weight is 468 g/mol. The van der Waals surface area contributed by atoms with Gasteiger partial charge >= 0.3 is 0 Å². The maximum absolute atomic E-state index is 13.4. The average Bonchev–Trinajstić information content (AvgIpc) is 3.39. The fourth-order valence-electron chi connectivity index (χ4n) is 4.39. The summed E-state index contributed by atoms with van der Waals surface area (Å²) in [7, 11) is 0. The summed E-state index contributed by atoms with van der Waals surface area (Å²) in [6, 6.07) is 5.98. The van der Waals surface area contributed by atoms with E-state index in [2.05, 4.69) is 31.9 Å². The molecule has 3 aromatic rings. The molecule has 7 nitrogen and oxygen atoms in total. The van der Waals surface area contributed by atoms with Crippen molar-refractivity contribution in [1.82, 2.24) is 24.2 Å². The Morgan fingerprint density at radius 1 is 1.18 bits per heavy atom. The molecule has 0 saturated heterocycles. The molecule has 1 unspecified atom stereocenters. The lowest BCUT2D eigenvalue weighted by Gasteiger charge is -2.24. The van der Waals surface area contributed by atoms with Crippen LogP contribution < -0.4 is 5.56 Å². The summed E-state index contributed by atoms with van der Waals surface area (Å²) in [6.45, 7) is 9.95. The number of aryl methyl sites for hydroxylation is 2. The molecular formula is C25H33N5O2S. The second-order valence-electron chi connectivity index (χ2n) is 8.91. The van der Waals surface area contributed by atoms with Crippen LogP contribution in [0.15, 0.2) is 34.3 Å². The Balaban J connectivity index is 1.64. The third-order valence-electron chi connectivity index (χ3n) is 6.28. The first-order chi connectivity index (χ1) is 15.9. The molecule has 0 aliphatic carbocycles. The molecule has 1 atom stereocenters. The number of thioether (sulfide) groups is 1. The predicted octanol–water partition coefficient (Wildman–Crippen LogP) is 4.66. The number of amides is 1. The van der Waals surface area contributed by atoms with Crippen LogP contribution >= 0.6 is 11.8 Å². The second kappa shape index (κ2) is 10.1. The molecule has 3 heterocycles. The van der Waals surface area contributed by atoms with Crippen LogP contribution in [-0.4, -0.2) is 49.0 Å². The Morgan fingerprint density at radius 3 is 2.58 bits per heavy atom. The molecule has 0 bridgehead atoms. The van der Waals surface area contributed by atoms with E-state index in [0.717, 1.165) is 50.0 Å². The first-order valence-electron chi connectivity index (χ1n) is 11.9. The van der Waals surface area contributed by atoms with Crippen LogP contribution in [-0.2, 0) is 4.79 Å². The number of rotatable bonds is 9. The Labute approximate surface area is 199 Å². The molecule has 0 radical (unpaired) electrons. The van der Waals surface area contributed by atoms with Gasteiger partial charge < -0.3 is 4.90 Å². The Hall–Kier alpha value is -2.61. The number of carbonyl (C=O) groups is 1. The summed E-state index contributed by atoms with van der Waals surface area (Å²) in [5, 5.41) is 5.66. The summed E-state index contributed by atoms with van der Waals surface area (Å²) in [5.74, 6) is 0.820. The van der Waals surface area contributed by atoms with E-state index in [1.165, 1.54) is 5.56 Å². The molecule has 0 spiro atoms. The standard InChI is InChI=1S/C25H33N5O2S/c1-5-7-11-28(12-8-6-2)22(31)14-19-16-33-25-27-23-20(24(32)29(19)25)15-26-30(23)21-10-9-17(3)13-18(21)4/h9-10,13,15,19H,5-8,11-12,14,16H2,1-4H3. The molecular weight excluding hydrogens is 434 g/mol. The first-order valence-corrected chi connectivity index (χ1v) is 12.9. The van der Waals surface area contributed by atoms with E-state index in [4.69, 9.17) is 4.98 Å². The van der Waals surface area contributed by atoms with Crippen LogP contribution in [0.2, 0.25) is 0 Å². The molecule has 4 rings (SSSR count). The smallest absolute Gasteiger partial charge is 0.265 e. The summed E-state index contributed by atoms with van der Waals surface area (Å²) in [6.07, 6.45) is 6.07. The third-order valence-corrected chi connectivity index (χ3v) is 7.37. The highest BCUT2D eigenvalue weighted by Crippen LogP contribution is 2.34. The number of nitrogens with zero attached hydrogens (tertiary/aromatic N) is 5. The second-order valence-corrected chi connectivity index (χ2v) is 9.90. The number of benzene rings is 1. The Kier molecular flexibility index (Phi) is 7.22. The van der Waals surface area contributed by atoms with Gasteiger partial charge in [0.2, 0.25) is 5.91 Å². The van der Waals surface area contributed by atoms with Gasteiger partial charge in [0.25, 0.3) is 5.56 Å². The third kappa shape index (κ3) is 4.71. The van der Waals surface area contributed by atoms with Crippen LogP contribution in [0.25, 0.3) is 16.7 Å². The molecule has 176 valence electrons. The lowest BCUT2D eigenvalue weighted by atomic mass is 10.1. The zero-order valence-corrected chi connectivity index (χ0v) is 20.8. The topological polar surface area (TPSA) is 73.0 Å². The van der Waals surface area contributed by atoms with Crippen LogP contribution in [0.4, 0.5) is 0 Å². The predicted molar refractivity (Wildman–Crippen MR) is 133 cm³/mol. The number of hydrogen-bond acceptors (Lipinski definition) is 5. The minimum absolute atomic E-state index is 0.109. The summed E-state index contributed by atoms with van der Waals surface area (Å²) in [5.41, 5.74) is 3.65. The van der Waals surface area contributed by atoms with Crippen LogP contribution in [0.5, 0.6) is 0 Å². The summed E-state index contributed by atoms with van der Waals surface area (Å²) < 4.78 is 3.47. The fraction of sp³-hybridized carbons (Fsp3) is 0.520. The van der Waals surface area contributed by atoms with E-state index >= 15 is 0 Å². The lowest BCUT2D eigenvalue weighted by molar-refractivity contribution is -0.132. The number of hydrogen-bond donors (Lipinski definition) is 0. The number of fused-ring (bicyclic) bond motifs is 2. The molecule has 1 aliphatic heterocycles. The number of carbonyl (C=O) groups excluding carboxylic acids is 1. The van der Waals surface area contributed by atoms with Crippen molar-refractivity contribution < 1.29 is 4.79 Å². The highest BCUT2D eigenvalue weighted by Gasteiger charge is 2.31. The van der Waals surface area contributed by atoms with Crippen molar-refractivity contribution >= 4 is 28.7 Å². The minimum atomic E-state index is -0.169. The quantitative estimate of drug-likeness (QED) is 0.428. The highest BCUT2D eigenvalue weighted by molar-refractivity contribution is 7.99. The van der Waals surface area contributed by atoms with Crippen molar-refractivity contribution in [1.29, 1.82) is 0 Å². The normalized spacial score (nSPS) is 15.2. The van der Waals surface area contributed by atoms with Gasteiger partial charge in [0, 0.05) is 25.3 Å². The van der Waals surface area contributed by atoms with E-state index in [-0.39, 0.29) is 17.5 Å². The molecule has 33 heavy (non-hydrogen) atoms. The fourth-order valence-corrected chi connectivity index (χ4v) is 5.52. The molecule has 1 aliphatic rings. The van der Waals surface area contributed by atoms with Crippen LogP contribution in [0, 0.1) is 13.8 Å². The van der Waals surface area contributed by atoms with Crippen molar-refractivity contribution in [2.24, 2.45) is 0 Å². The van der Waals surface area contributed by atoms with Gasteiger partial charge in [0.05, 0.1) is 17.9 Å². The van der Waals surface area contributed by atoms with Gasteiger partial charge in [-0.3, -0.25) is 14.2 Å². The van der Waals surface area contributed by atoms with Crippen LogP contribution in [0.3, 0.4) is 0 Å². The molecule has 1 aromatic carbocycles. The highest BCUT2D eigenvalue weighted by atomic mass is 32.2. The Bertz CT molecular complexity index is 1210. The molecule has 0 N–H and O–H groups in total. The zero-order chi connectivity index (χ0) is 23.5. The largest absolute Gasteiger partial charge is 0.343 e. The van der Waals surface area contributed by atoms with Gasteiger partial charge in [-0.25, -0.2) is 9.67 Å². The molecule has 8 heteroatoms. The lowest BCUT2D eigenvalue weighted by Crippen LogP contribution is -2.36. The Morgan fingerprint density at radius 2 is 1.91 bits per heavy atom. The first kappa shape index (κ1) is 23.5. The minimum Gasteiger partial charge on any atom is -0.343 e. The van der Waals surface area contributed by atoms with Crippen molar-refractivity contribution in [2.45, 2.75) is 71.0 Å². The van der Waals surface area contributed by atoms with Crippen molar-refractivity contribution in [2.75, 3.05) is 18.8 Å². The molecule has 0 saturated carbocycles. The molecule has 0 fully saturated rings. The van der Waals surface area contributed by atoms with E-state index < -0.39 is 0 Å². The van der Waals surface area contributed by atoms with E-state index in [0.29, 0.717) is 28.4 Å². The maximum atomic E-state index is 13.4.